The second-order valence-corrected chi connectivity index (χ2v) is 13.7. The molecule has 242 valence electrons. The fourth-order valence-electron chi connectivity index (χ4n) is 7.69. The van der Waals surface area contributed by atoms with E-state index in [9.17, 15) is 34.2 Å². The van der Waals surface area contributed by atoms with Crippen molar-refractivity contribution < 1.29 is 34.1 Å². The van der Waals surface area contributed by atoms with Gasteiger partial charge in [0.25, 0.3) is 5.56 Å². The number of allylic oxidation sites excluding steroid dienone is 4. The van der Waals surface area contributed by atoms with Crippen LogP contribution in [0.25, 0.3) is 0 Å². The number of Topliss-reactive ketones (excluding diaryl/α,β-unsaturated/α-hetero) is 2. The number of phenolic OH excluding ortho intramolecular Hbond substituents is 2. The van der Waals surface area contributed by atoms with Gasteiger partial charge in [0.2, 0.25) is 5.91 Å². The summed E-state index contributed by atoms with van der Waals surface area (Å²) in [6.07, 6.45) is 2.51. The fourth-order valence-corrected chi connectivity index (χ4v) is 7.69. The Balaban J connectivity index is 1.34. The summed E-state index contributed by atoms with van der Waals surface area (Å²) < 4.78 is 7.68. The van der Waals surface area contributed by atoms with Gasteiger partial charge in [0, 0.05) is 54.6 Å². The SMILES string of the molecule is CC(=O)c1c(O)c(C)c(O)c2c1OC1=CC(=O)C(=C(C)NC(CC(C)C)C(=O)N3CC4CC(C3)c3cccc(=O)n3C4)C(=O)C12C. The zero-order valence-electron chi connectivity index (χ0n) is 26.9. The molecule has 0 spiro atoms. The van der Waals surface area contributed by atoms with Gasteiger partial charge in [-0.25, -0.2) is 0 Å². The molecular formula is C35H39N3O8. The number of phenols is 2. The number of rotatable bonds is 6. The molecule has 3 aliphatic heterocycles. The maximum absolute atomic E-state index is 14.3. The minimum Gasteiger partial charge on any atom is -0.507 e. The Morgan fingerprint density at radius 1 is 1.09 bits per heavy atom. The van der Waals surface area contributed by atoms with Gasteiger partial charge < -0.3 is 29.7 Å². The highest BCUT2D eigenvalue weighted by Crippen LogP contribution is 2.57. The summed E-state index contributed by atoms with van der Waals surface area (Å²) in [4.78, 5) is 68.7. The van der Waals surface area contributed by atoms with Crippen LogP contribution in [-0.2, 0) is 26.3 Å². The number of hydrogen-bond acceptors (Lipinski definition) is 9. The van der Waals surface area contributed by atoms with Crippen molar-refractivity contribution in [1.29, 1.82) is 0 Å². The Hall–Kier alpha value is -4.67. The summed E-state index contributed by atoms with van der Waals surface area (Å²) in [6.45, 7) is 11.3. The summed E-state index contributed by atoms with van der Waals surface area (Å²) in [5.41, 5.74) is -0.865. The molecule has 2 bridgehead atoms. The molecule has 1 amide bonds. The van der Waals surface area contributed by atoms with Gasteiger partial charge in [-0.3, -0.25) is 24.0 Å². The van der Waals surface area contributed by atoms with Gasteiger partial charge >= 0.3 is 0 Å². The molecular weight excluding hydrogens is 590 g/mol. The highest BCUT2D eigenvalue weighted by Gasteiger charge is 2.56. The minimum absolute atomic E-state index is 0.0103. The summed E-state index contributed by atoms with van der Waals surface area (Å²) >= 11 is 0. The number of piperidine rings is 1. The predicted molar refractivity (Wildman–Crippen MR) is 168 cm³/mol. The van der Waals surface area contributed by atoms with Crippen LogP contribution in [0.1, 0.15) is 80.6 Å². The van der Waals surface area contributed by atoms with Crippen LogP contribution in [-0.4, -0.2) is 62.1 Å². The first-order chi connectivity index (χ1) is 21.6. The Morgan fingerprint density at radius 2 is 1.80 bits per heavy atom. The van der Waals surface area contributed by atoms with E-state index in [2.05, 4.69) is 5.32 Å². The standard InChI is InChI=1S/C35H39N3O8/c1-16(2)10-22(34(45)37-13-20-11-21(15-37)23-8-7-9-26(41)38(23)14-20)36-18(4)27-24(40)12-25-35(6,33(27)44)29-31(43)17(3)30(42)28(19(5)39)32(29)46-25/h7-9,12,16,20-22,36,42-43H,10-11,13-15H2,1-6H3. The number of ketones is 3. The van der Waals surface area contributed by atoms with E-state index in [1.54, 1.807) is 19.1 Å². The smallest absolute Gasteiger partial charge is 0.250 e. The van der Waals surface area contributed by atoms with Crippen molar-refractivity contribution in [2.24, 2.45) is 11.8 Å². The number of nitrogens with one attached hydrogen (secondary N) is 1. The molecule has 4 heterocycles. The number of aromatic nitrogens is 1. The lowest BCUT2D eigenvalue weighted by atomic mass is 9.70. The van der Waals surface area contributed by atoms with Crippen LogP contribution in [0.5, 0.6) is 17.2 Å². The number of pyridine rings is 1. The van der Waals surface area contributed by atoms with Gasteiger partial charge in [-0.1, -0.05) is 19.9 Å². The van der Waals surface area contributed by atoms with Gasteiger partial charge in [-0.2, -0.15) is 0 Å². The quantitative estimate of drug-likeness (QED) is 0.248. The third kappa shape index (κ3) is 4.66. The molecule has 1 aromatic heterocycles. The van der Waals surface area contributed by atoms with E-state index in [-0.39, 0.29) is 68.7 Å². The number of fused-ring (bicyclic) bond motifs is 7. The molecule has 46 heavy (non-hydrogen) atoms. The molecule has 0 radical (unpaired) electrons. The van der Waals surface area contributed by atoms with E-state index in [1.807, 2.05) is 29.4 Å². The second-order valence-electron chi connectivity index (χ2n) is 13.7. The van der Waals surface area contributed by atoms with Crippen LogP contribution in [0, 0.1) is 18.8 Å². The topological polar surface area (TPSA) is 155 Å². The Bertz CT molecular complexity index is 1850. The molecule has 4 unspecified atom stereocenters. The molecule has 11 heteroatoms. The third-order valence-electron chi connectivity index (χ3n) is 9.95. The molecule has 1 saturated heterocycles. The van der Waals surface area contributed by atoms with Crippen LogP contribution >= 0.6 is 0 Å². The molecule has 11 nitrogen and oxygen atoms in total. The fraction of sp³-hybridized carbons (Fsp3) is 0.457. The Labute approximate surface area is 266 Å². The predicted octanol–water partition coefficient (Wildman–Crippen LogP) is 3.38. The molecule has 3 N–H and O–H groups in total. The van der Waals surface area contributed by atoms with Crippen molar-refractivity contribution in [1.82, 2.24) is 14.8 Å². The number of likely N-dealkylation sites (tertiary alicyclic amines) is 1. The van der Waals surface area contributed by atoms with Gasteiger partial charge in [0.1, 0.15) is 40.0 Å². The first-order valence-corrected chi connectivity index (χ1v) is 15.7. The highest BCUT2D eigenvalue weighted by atomic mass is 16.5. The normalized spacial score (nSPS) is 24.8. The number of carbonyl (C=O) groups excluding carboxylic acids is 4. The summed E-state index contributed by atoms with van der Waals surface area (Å²) in [6, 6.07) is 4.53. The van der Waals surface area contributed by atoms with Gasteiger partial charge in [0.15, 0.2) is 17.3 Å². The summed E-state index contributed by atoms with van der Waals surface area (Å²) in [5.74, 6) is -2.73. The largest absolute Gasteiger partial charge is 0.507 e. The molecule has 4 atom stereocenters. The third-order valence-corrected chi connectivity index (χ3v) is 9.95. The van der Waals surface area contributed by atoms with Crippen LogP contribution in [0.2, 0.25) is 0 Å². The second kappa shape index (κ2) is 11.0. The van der Waals surface area contributed by atoms with E-state index in [1.165, 1.54) is 26.8 Å². The molecule has 1 aromatic carbocycles. The first-order valence-electron chi connectivity index (χ1n) is 15.7. The maximum Gasteiger partial charge on any atom is 0.250 e. The number of carbonyl (C=O) groups is 4. The number of benzene rings is 1. The molecule has 0 saturated carbocycles. The minimum atomic E-state index is -1.65. The maximum atomic E-state index is 14.3. The number of ether oxygens (including phenoxy) is 1. The van der Waals surface area contributed by atoms with Crippen LogP contribution in [0.4, 0.5) is 0 Å². The molecule has 1 aliphatic carbocycles. The molecule has 4 aliphatic rings. The summed E-state index contributed by atoms with van der Waals surface area (Å²) in [7, 11) is 0. The molecule has 2 aromatic rings. The molecule has 1 fully saturated rings. The van der Waals surface area contributed by atoms with Crippen molar-refractivity contribution in [3.05, 3.63) is 74.0 Å². The van der Waals surface area contributed by atoms with Crippen LogP contribution in [0.15, 0.2) is 46.1 Å². The average Bonchev–Trinajstić information content (AvgIpc) is 3.28. The summed E-state index contributed by atoms with van der Waals surface area (Å²) in [5, 5.41) is 25.0. The Kier molecular flexibility index (Phi) is 7.48. The van der Waals surface area contributed by atoms with E-state index in [4.69, 9.17) is 4.74 Å². The van der Waals surface area contributed by atoms with Crippen molar-refractivity contribution >= 4 is 23.3 Å². The van der Waals surface area contributed by atoms with Gasteiger partial charge in [-0.05, 0) is 58.4 Å². The highest BCUT2D eigenvalue weighted by molar-refractivity contribution is 6.31. The number of amides is 1. The lowest BCUT2D eigenvalue weighted by Gasteiger charge is -2.44. The average molecular weight is 630 g/mol. The Morgan fingerprint density at radius 3 is 2.48 bits per heavy atom. The van der Waals surface area contributed by atoms with Gasteiger partial charge in [0.05, 0.1) is 11.1 Å². The zero-order chi connectivity index (χ0) is 33.4. The van der Waals surface area contributed by atoms with Gasteiger partial charge in [-0.15, -0.1) is 0 Å². The number of hydrogen-bond donors (Lipinski definition) is 3. The number of aromatic hydroxyl groups is 2. The lowest BCUT2D eigenvalue weighted by molar-refractivity contribution is -0.136. The monoisotopic (exact) mass is 629 g/mol. The lowest BCUT2D eigenvalue weighted by Crippen LogP contribution is -2.54. The zero-order valence-corrected chi connectivity index (χ0v) is 26.9. The van der Waals surface area contributed by atoms with E-state index in [0.717, 1.165) is 12.1 Å². The van der Waals surface area contributed by atoms with Crippen molar-refractivity contribution in [3.8, 4) is 17.2 Å². The van der Waals surface area contributed by atoms with Crippen LogP contribution in [0.3, 0.4) is 0 Å². The van der Waals surface area contributed by atoms with Crippen molar-refractivity contribution in [2.75, 3.05) is 13.1 Å². The van der Waals surface area contributed by atoms with E-state index < -0.39 is 40.3 Å². The van der Waals surface area contributed by atoms with Crippen molar-refractivity contribution in [3.63, 3.8) is 0 Å². The first kappa shape index (κ1) is 31.3. The molecule has 6 rings (SSSR count). The van der Waals surface area contributed by atoms with E-state index in [0.29, 0.717) is 26.1 Å². The van der Waals surface area contributed by atoms with E-state index >= 15 is 0 Å². The number of nitrogens with zero attached hydrogens (tertiary/aromatic N) is 2. The van der Waals surface area contributed by atoms with Crippen LogP contribution < -0.4 is 15.6 Å². The van der Waals surface area contributed by atoms with Crippen molar-refractivity contribution in [2.45, 2.75) is 78.3 Å².